The van der Waals surface area contributed by atoms with Crippen LogP contribution in [0.3, 0.4) is 0 Å². The lowest BCUT2D eigenvalue weighted by Gasteiger charge is -2.14. The van der Waals surface area contributed by atoms with E-state index in [9.17, 15) is 21.6 Å². The summed E-state index contributed by atoms with van der Waals surface area (Å²) in [7, 11) is -8.32. The summed E-state index contributed by atoms with van der Waals surface area (Å²) in [6.45, 7) is 7.31. The van der Waals surface area contributed by atoms with E-state index in [1.165, 1.54) is 30.3 Å². The fraction of sp³-hybridized carbons (Fsp3) is 0.138. The van der Waals surface area contributed by atoms with Crippen molar-refractivity contribution in [3.8, 4) is 5.75 Å². The van der Waals surface area contributed by atoms with E-state index in [1.54, 1.807) is 62.4 Å². The molecule has 0 atom stereocenters. The van der Waals surface area contributed by atoms with E-state index < -0.39 is 30.5 Å². The summed E-state index contributed by atoms with van der Waals surface area (Å²) in [4.78, 5) is 12.1. The molecule has 0 saturated carbocycles. The first-order valence-electron chi connectivity index (χ1n) is 11.5. The smallest absolute Gasteiger partial charge is 0.343 e. The average Bonchev–Trinajstić information content (AvgIpc) is 2.87. The maximum absolute atomic E-state index is 13.8. The van der Waals surface area contributed by atoms with E-state index in [4.69, 9.17) is 4.74 Å². The molecule has 0 aliphatic carbocycles. The van der Waals surface area contributed by atoms with Crippen molar-refractivity contribution in [3.05, 3.63) is 113 Å². The third-order valence-corrected chi connectivity index (χ3v) is 9.83. The normalized spacial score (nSPS) is 11.8. The SMILES string of the molecule is Cc1ccc(S(=O)(=O)c2ccc(OC(=O)c3ccccc3)c(S(=O)(=O)c3ccc(C)c(C)c3)c2)cc1C. The van der Waals surface area contributed by atoms with Gasteiger partial charge in [-0.2, -0.15) is 0 Å². The molecule has 0 amide bonds. The van der Waals surface area contributed by atoms with Crippen LogP contribution < -0.4 is 4.74 Å². The quantitative estimate of drug-likeness (QED) is 0.229. The van der Waals surface area contributed by atoms with Gasteiger partial charge in [-0.05, 0) is 105 Å². The number of aryl methyl sites for hydroxylation is 4. The number of rotatable bonds is 6. The van der Waals surface area contributed by atoms with Gasteiger partial charge < -0.3 is 4.74 Å². The Bertz CT molecular complexity index is 1720. The molecular weight excluding hydrogens is 508 g/mol. The van der Waals surface area contributed by atoms with Gasteiger partial charge in [0.1, 0.15) is 10.6 Å². The molecule has 4 aromatic carbocycles. The van der Waals surface area contributed by atoms with Crippen molar-refractivity contribution in [2.24, 2.45) is 0 Å². The zero-order valence-corrected chi connectivity index (χ0v) is 22.5. The molecule has 0 heterocycles. The lowest BCUT2D eigenvalue weighted by atomic mass is 10.1. The molecule has 6 nitrogen and oxygen atoms in total. The molecule has 0 aliphatic rings. The van der Waals surface area contributed by atoms with E-state index in [2.05, 4.69) is 0 Å². The molecule has 0 saturated heterocycles. The van der Waals surface area contributed by atoms with Gasteiger partial charge in [0.05, 0.1) is 20.2 Å². The molecule has 0 aliphatic heterocycles. The van der Waals surface area contributed by atoms with Gasteiger partial charge in [-0.1, -0.05) is 30.3 Å². The van der Waals surface area contributed by atoms with Crippen LogP contribution in [0.15, 0.2) is 105 Å². The Morgan fingerprint density at radius 2 is 1.05 bits per heavy atom. The van der Waals surface area contributed by atoms with Gasteiger partial charge in [0.2, 0.25) is 19.7 Å². The second-order valence-electron chi connectivity index (χ2n) is 8.86. The van der Waals surface area contributed by atoms with Crippen molar-refractivity contribution in [3.63, 3.8) is 0 Å². The van der Waals surface area contributed by atoms with Crippen molar-refractivity contribution in [2.45, 2.75) is 47.3 Å². The Kier molecular flexibility index (Phi) is 7.08. The number of hydrogen-bond donors (Lipinski definition) is 0. The second-order valence-corrected chi connectivity index (χ2v) is 12.7. The topological polar surface area (TPSA) is 94.6 Å². The summed E-state index contributed by atoms with van der Waals surface area (Å²) in [5.41, 5.74) is 3.60. The Morgan fingerprint density at radius 1 is 0.568 bits per heavy atom. The standard InChI is InChI=1S/C29H26O6S2/c1-19-10-12-24(16-21(19)3)36(31,32)26-14-15-27(35-29(30)23-8-6-5-7-9-23)28(18-26)37(33,34)25-13-11-20(2)22(4)17-25/h5-18H,1-4H3. The van der Waals surface area contributed by atoms with Crippen LogP contribution in [0.5, 0.6) is 5.75 Å². The number of carbonyl (C=O) groups excluding carboxylic acids is 1. The monoisotopic (exact) mass is 534 g/mol. The minimum absolute atomic E-state index is 0.0339. The number of sulfone groups is 2. The molecule has 0 aromatic heterocycles. The van der Waals surface area contributed by atoms with Crippen LogP contribution in [-0.4, -0.2) is 22.8 Å². The highest BCUT2D eigenvalue weighted by Gasteiger charge is 2.28. The summed E-state index contributed by atoms with van der Waals surface area (Å²) < 4.78 is 59.9. The Balaban J connectivity index is 1.89. The summed E-state index contributed by atoms with van der Waals surface area (Å²) >= 11 is 0. The number of ether oxygens (including phenoxy) is 1. The fourth-order valence-electron chi connectivity index (χ4n) is 3.71. The van der Waals surface area contributed by atoms with Gasteiger partial charge in [0.15, 0.2) is 0 Å². The van der Waals surface area contributed by atoms with E-state index in [0.29, 0.717) is 0 Å². The molecule has 4 aromatic rings. The van der Waals surface area contributed by atoms with Gasteiger partial charge in [-0.25, -0.2) is 21.6 Å². The highest BCUT2D eigenvalue weighted by molar-refractivity contribution is 7.92. The zero-order chi connectivity index (χ0) is 27.0. The minimum Gasteiger partial charge on any atom is -0.422 e. The summed E-state index contributed by atoms with van der Waals surface area (Å²) in [6.07, 6.45) is 0. The summed E-state index contributed by atoms with van der Waals surface area (Å²) in [5, 5.41) is 0. The van der Waals surface area contributed by atoms with Gasteiger partial charge in [0, 0.05) is 0 Å². The van der Waals surface area contributed by atoms with Crippen LogP contribution in [0, 0.1) is 27.7 Å². The van der Waals surface area contributed by atoms with Crippen molar-refractivity contribution < 1.29 is 26.4 Å². The largest absolute Gasteiger partial charge is 0.422 e. The zero-order valence-electron chi connectivity index (χ0n) is 20.8. The van der Waals surface area contributed by atoms with Crippen LogP contribution in [0.1, 0.15) is 32.6 Å². The first-order chi connectivity index (χ1) is 17.4. The van der Waals surface area contributed by atoms with E-state index in [-0.39, 0.29) is 26.0 Å². The van der Waals surface area contributed by atoms with Crippen LogP contribution in [0.2, 0.25) is 0 Å². The molecule has 190 valence electrons. The fourth-order valence-corrected chi connectivity index (χ4v) is 6.64. The predicted molar refractivity (Wildman–Crippen MR) is 141 cm³/mol. The summed E-state index contributed by atoms with van der Waals surface area (Å²) in [5.74, 6) is -1.02. The lowest BCUT2D eigenvalue weighted by Crippen LogP contribution is -2.13. The Morgan fingerprint density at radius 3 is 1.59 bits per heavy atom. The first kappa shape index (κ1) is 26.3. The third-order valence-electron chi connectivity index (χ3n) is 6.30. The highest BCUT2D eigenvalue weighted by Crippen LogP contribution is 2.35. The Labute approximate surface area is 217 Å². The van der Waals surface area contributed by atoms with Crippen LogP contribution in [-0.2, 0) is 19.7 Å². The number of hydrogen-bond acceptors (Lipinski definition) is 6. The number of benzene rings is 4. The molecule has 37 heavy (non-hydrogen) atoms. The second kappa shape index (κ2) is 9.95. The third kappa shape index (κ3) is 5.21. The van der Waals surface area contributed by atoms with Crippen LogP contribution >= 0.6 is 0 Å². The van der Waals surface area contributed by atoms with Gasteiger partial charge in [-0.3, -0.25) is 0 Å². The molecule has 0 spiro atoms. The molecule has 8 heteroatoms. The van der Waals surface area contributed by atoms with Gasteiger partial charge >= 0.3 is 5.97 Å². The van der Waals surface area contributed by atoms with Crippen LogP contribution in [0.25, 0.3) is 0 Å². The number of esters is 1. The molecule has 0 radical (unpaired) electrons. The van der Waals surface area contributed by atoms with Crippen molar-refractivity contribution in [2.75, 3.05) is 0 Å². The molecule has 4 rings (SSSR count). The van der Waals surface area contributed by atoms with Gasteiger partial charge in [-0.15, -0.1) is 0 Å². The molecular formula is C29H26O6S2. The minimum atomic E-state index is -4.26. The molecule has 0 bridgehead atoms. The lowest BCUT2D eigenvalue weighted by molar-refractivity contribution is 0.0730. The van der Waals surface area contributed by atoms with Crippen molar-refractivity contribution in [1.82, 2.24) is 0 Å². The first-order valence-corrected chi connectivity index (χ1v) is 14.4. The molecule has 0 fully saturated rings. The Hall–Kier alpha value is -3.75. The highest BCUT2D eigenvalue weighted by atomic mass is 32.2. The maximum Gasteiger partial charge on any atom is 0.343 e. The molecule has 0 N–H and O–H groups in total. The molecule has 0 unspecified atom stereocenters. The maximum atomic E-state index is 13.8. The summed E-state index contributed by atoms with van der Waals surface area (Å²) in [6, 6.07) is 21.0. The van der Waals surface area contributed by atoms with Crippen molar-refractivity contribution in [1.29, 1.82) is 0 Å². The van der Waals surface area contributed by atoms with Crippen LogP contribution in [0.4, 0.5) is 0 Å². The van der Waals surface area contributed by atoms with Gasteiger partial charge in [0.25, 0.3) is 0 Å². The number of carbonyl (C=O) groups is 1. The van der Waals surface area contributed by atoms with Crippen molar-refractivity contribution >= 4 is 25.6 Å². The van der Waals surface area contributed by atoms with E-state index in [1.807, 2.05) is 13.8 Å². The predicted octanol–water partition coefficient (Wildman–Crippen LogP) is 5.81. The average molecular weight is 535 g/mol. The van der Waals surface area contributed by atoms with E-state index >= 15 is 0 Å². The van der Waals surface area contributed by atoms with E-state index in [0.717, 1.165) is 28.3 Å².